The van der Waals surface area contributed by atoms with Crippen LogP contribution in [0.5, 0.6) is 11.5 Å². The van der Waals surface area contributed by atoms with E-state index < -0.39 is 37.3 Å². The number of aliphatic hydroxyl groups excluding tert-OH is 4. The summed E-state index contributed by atoms with van der Waals surface area (Å²) in [5.41, 5.74) is 2.92. The zero-order valence-corrected chi connectivity index (χ0v) is 27.5. The van der Waals surface area contributed by atoms with Gasteiger partial charge in [-0.3, -0.25) is 9.69 Å². The molecule has 13 heteroatoms. The Morgan fingerprint density at radius 3 is 2.50 bits per heavy atom. The minimum atomic E-state index is -1.57. The summed E-state index contributed by atoms with van der Waals surface area (Å²) in [5, 5.41) is 43.2. The summed E-state index contributed by atoms with van der Waals surface area (Å²) in [5.74, 6) is 1.60. The van der Waals surface area contributed by atoms with Gasteiger partial charge in [0.05, 0.1) is 25.5 Å². The molecule has 3 aliphatic rings. The maximum Gasteiger partial charge on any atom is 0.274 e. The van der Waals surface area contributed by atoms with Crippen LogP contribution in [0.15, 0.2) is 54.6 Å². The molecule has 258 valence electrons. The van der Waals surface area contributed by atoms with Crippen molar-refractivity contribution in [2.75, 3.05) is 63.4 Å². The normalized spacial score (nSPS) is 24.3. The van der Waals surface area contributed by atoms with Gasteiger partial charge in [-0.25, -0.2) is 0 Å². The molecule has 5 N–H and O–H groups in total. The Morgan fingerprint density at radius 2 is 1.75 bits per heavy atom. The van der Waals surface area contributed by atoms with Crippen LogP contribution in [0.3, 0.4) is 0 Å². The average molecular weight is 684 g/mol. The van der Waals surface area contributed by atoms with E-state index in [1.165, 1.54) is 0 Å². The van der Waals surface area contributed by atoms with E-state index in [9.17, 15) is 25.2 Å². The van der Waals surface area contributed by atoms with E-state index in [4.69, 9.17) is 30.5 Å². The molecule has 5 unspecified atom stereocenters. The summed E-state index contributed by atoms with van der Waals surface area (Å²) in [7, 11) is 0. The van der Waals surface area contributed by atoms with Crippen LogP contribution < -0.4 is 14.4 Å². The number of amides is 1. The number of anilines is 1. The van der Waals surface area contributed by atoms with E-state index in [-0.39, 0.29) is 5.91 Å². The number of aliphatic hydroxyl groups is 4. The number of fused-ring (bicyclic) bond motifs is 4. The van der Waals surface area contributed by atoms with Crippen LogP contribution in [-0.2, 0) is 15.9 Å². The smallest absolute Gasteiger partial charge is 0.274 e. The van der Waals surface area contributed by atoms with Gasteiger partial charge in [0.1, 0.15) is 48.2 Å². The number of carbonyl (C=O) groups is 1. The Morgan fingerprint density at radius 1 is 1.00 bits per heavy atom. The molecule has 4 heterocycles. The van der Waals surface area contributed by atoms with E-state index in [1.807, 2.05) is 55.5 Å². The average Bonchev–Trinajstić information content (AvgIpc) is 3.74. The number of rotatable bonds is 8. The minimum absolute atomic E-state index is 0.200. The molecule has 0 radical (unpaired) electrons. The molecular formula is C35H42ClN3O9. The van der Waals surface area contributed by atoms with Gasteiger partial charge in [0.2, 0.25) is 6.29 Å². The highest BCUT2D eigenvalue weighted by Gasteiger charge is 2.45. The van der Waals surface area contributed by atoms with Crippen molar-refractivity contribution in [3.8, 4) is 11.5 Å². The Labute approximate surface area is 283 Å². The predicted octanol–water partition coefficient (Wildman–Crippen LogP) is 2.66. The Balaban J connectivity index is 0.00000129. The number of benzene rings is 3. The number of nitrogens with one attached hydrogen (secondary N) is 1. The van der Waals surface area contributed by atoms with Gasteiger partial charge in [-0.15, -0.1) is 11.6 Å². The Bertz CT molecular complexity index is 1710. The summed E-state index contributed by atoms with van der Waals surface area (Å²) < 4.78 is 23.1. The Hall–Kier alpha value is -3.46. The zero-order chi connectivity index (χ0) is 33.8. The number of hydrogen-bond donors (Lipinski definition) is 5. The number of aromatic amines is 1. The quantitative estimate of drug-likeness (QED) is 0.175. The van der Waals surface area contributed by atoms with Crippen molar-refractivity contribution >= 4 is 44.9 Å². The SMILES string of the molecule is CCCl.O=C(c1cc2cc(OCCN3CCOCC3)ccc2[nH]1)N1CCc2c1cc(OC1OC(CO)C(O)C(O)C1O)c1ccccc21. The van der Waals surface area contributed by atoms with E-state index in [0.717, 1.165) is 71.7 Å². The summed E-state index contributed by atoms with van der Waals surface area (Å²) >= 11 is 5.00. The third-order valence-corrected chi connectivity index (χ3v) is 8.91. The zero-order valence-electron chi connectivity index (χ0n) is 26.8. The number of carbonyl (C=O) groups excluding carboxylic acids is 1. The predicted molar refractivity (Wildman–Crippen MR) is 181 cm³/mol. The first kappa shape index (κ1) is 34.4. The summed E-state index contributed by atoms with van der Waals surface area (Å²) in [6, 6.07) is 16.9. The lowest BCUT2D eigenvalue weighted by atomic mass is 9.99. The van der Waals surface area contributed by atoms with Crippen molar-refractivity contribution in [1.29, 1.82) is 0 Å². The monoisotopic (exact) mass is 683 g/mol. The van der Waals surface area contributed by atoms with Crippen LogP contribution in [0.4, 0.5) is 5.69 Å². The highest BCUT2D eigenvalue weighted by Crippen LogP contribution is 2.42. The van der Waals surface area contributed by atoms with Gasteiger partial charge < -0.3 is 49.3 Å². The second-order valence-corrected chi connectivity index (χ2v) is 12.5. The van der Waals surface area contributed by atoms with Crippen LogP contribution in [-0.4, -0.2) is 125 Å². The Kier molecular flexibility index (Phi) is 11.0. The molecule has 0 aliphatic carbocycles. The number of halogens is 1. The molecule has 2 fully saturated rings. The molecule has 2 saturated heterocycles. The molecule has 3 aromatic carbocycles. The molecule has 1 amide bonds. The van der Waals surface area contributed by atoms with Crippen molar-refractivity contribution in [2.24, 2.45) is 0 Å². The molecule has 48 heavy (non-hydrogen) atoms. The molecule has 3 aliphatic heterocycles. The van der Waals surface area contributed by atoms with E-state index >= 15 is 0 Å². The van der Waals surface area contributed by atoms with Crippen LogP contribution in [0.1, 0.15) is 23.0 Å². The van der Waals surface area contributed by atoms with Gasteiger partial charge in [0.15, 0.2) is 0 Å². The van der Waals surface area contributed by atoms with Gasteiger partial charge in [-0.2, -0.15) is 0 Å². The number of H-pyrrole nitrogens is 1. The molecule has 0 bridgehead atoms. The van der Waals surface area contributed by atoms with Crippen LogP contribution >= 0.6 is 11.6 Å². The number of nitrogens with zero attached hydrogens (tertiary/aromatic N) is 2. The van der Waals surface area contributed by atoms with E-state index in [2.05, 4.69) is 9.88 Å². The fraction of sp³-hybridized carbons (Fsp3) is 0.457. The minimum Gasteiger partial charge on any atom is -0.492 e. The van der Waals surface area contributed by atoms with Gasteiger partial charge >= 0.3 is 0 Å². The topological polar surface area (TPSA) is 157 Å². The van der Waals surface area contributed by atoms with Crippen LogP contribution in [0.25, 0.3) is 21.7 Å². The number of aromatic nitrogens is 1. The third kappa shape index (κ3) is 7.12. The van der Waals surface area contributed by atoms with Crippen molar-refractivity contribution in [2.45, 2.75) is 44.1 Å². The molecule has 0 spiro atoms. The first-order valence-electron chi connectivity index (χ1n) is 16.3. The molecular weight excluding hydrogens is 642 g/mol. The number of alkyl halides is 1. The molecule has 5 atom stereocenters. The standard InChI is InChI=1S/C33H37N3O9.C2H5Cl/c37-18-28-29(38)30(39)31(40)33(45-28)44-27-17-26-22(21-3-1-2-4-23(21)27)7-8-36(26)32(41)25-16-19-15-20(5-6-24(19)34-25)43-14-11-35-9-12-42-13-10-35;1-2-3/h1-6,15-17,28-31,33-34,37-40H,7-14,18H2;2H2,1H3. The lowest BCUT2D eigenvalue weighted by Gasteiger charge is -2.39. The summed E-state index contributed by atoms with van der Waals surface area (Å²) in [6.45, 7) is 6.48. The number of ether oxygens (including phenoxy) is 4. The maximum absolute atomic E-state index is 13.9. The summed E-state index contributed by atoms with van der Waals surface area (Å²) in [4.78, 5) is 21.2. The fourth-order valence-corrected chi connectivity index (χ4v) is 6.41. The van der Waals surface area contributed by atoms with Crippen molar-refractivity contribution in [1.82, 2.24) is 9.88 Å². The lowest BCUT2D eigenvalue weighted by molar-refractivity contribution is -0.277. The van der Waals surface area contributed by atoms with Crippen molar-refractivity contribution in [3.63, 3.8) is 0 Å². The fourth-order valence-electron chi connectivity index (χ4n) is 6.41. The molecule has 12 nitrogen and oxygen atoms in total. The van der Waals surface area contributed by atoms with Crippen LogP contribution in [0, 0.1) is 0 Å². The third-order valence-electron chi connectivity index (χ3n) is 8.91. The van der Waals surface area contributed by atoms with Gasteiger partial charge in [0, 0.05) is 54.4 Å². The van der Waals surface area contributed by atoms with Gasteiger partial charge in [-0.1, -0.05) is 31.2 Å². The summed E-state index contributed by atoms with van der Waals surface area (Å²) in [6.07, 6.45) is -6.45. The van der Waals surface area contributed by atoms with Crippen molar-refractivity contribution < 1.29 is 44.2 Å². The second kappa shape index (κ2) is 15.4. The second-order valence-electron chi connectivity index (χ2n) is 11.9. The molecule has 1 aromatic heterocycles. The number of morpholine rings is 1. The highest BCUT2D eigenvalue weighted by molar-refractivity contribution is 6.17. The molecule has 4 aromatic rings. The lowest BCUT2D eigenvalue weighted by Crippen LogP contribution is -2.60. The highest BCUT2D eigenvalue weighted by atomic mass is 35.5. The molecule has 0 saturated carbocycles. The van der Waals surface area contributed by atoms with Gasteiger partial charge in [-0.05, 0) is 41.6 Å². The maximum atomic E-state index is 13.9. The van der Waals surface area contributed by atoms with E-state index in [0.29, 0.717) is 36.7 Å². The molecule has 7 rings (SSSR count). The van der Waals surface area contributed by atoms with Crippen LogP contribution in [0.2, 0.25) is 0 Å². The first-order valence-corrected chi connectivity index (χ1v) is 16.8. The largest absolute Gasteiger partial charge is 0.492 e. The van der Waals surface area contributed by atoms with Crippen molar-refractivity contribution in [3.05, 3.63) is 65.9 Å². The van der Waals surface area contributed by atoms with Gasteiger partial charge in [0.25, 0.3) is 5.91 Å². The first-order chi connectivity index (χ1) is 23.3. The number of hydrogen-bond acceptors (Lipinski definition) is 10. The van der Waals surface area contributed by atoms with E-state index in [1.54, 1.807) is 11.0 Å².